The molecule has 3 N–H and O–H groups in total. The standard InChI is InChI=1S/C16H27O12P3/c1-8-13(25-29(7,17)18)26-31(21,22)28-14(9-2)27-30(19,20)24-12-10-11(3)23-15(12)16(4,5)6/h11-12,15H,1-2,10H2,3-7H3,(H,17,18)(H,19,20)(H,21,22). The summed E-state index contributed by atoms with van der Waals surface area (Å²) in [6.07, 6.45) is -1.29. The Hall–Kier alpha value is -1.27. The van der Waals surface area contributed by atoms with Crippen LogP contribution in [0.1, 0.15) is 34.1 Å². The van der Waals surface area contributed by atoms with Crippen molar-refractivity contribution in [1.29, 1.82) is 0 Å². The first-order valence-electron chi connectivity index (χ1n) is 8.75. The van der Waals surface area contributed by atoms with Gasteiger partial charge in [0, 0.05) is 13.1 Å². The second-order valence-corrected chi connectivity index (χ2v) is 12.1. The smallest absolute Gasteiger partial charge is 0.385 e. The molecular weight excluding hydrogens is 477 g/mol. The highest BCUT2D eigenvalue weighted by Crippen LogP contribution is 2.55. The van der Waals surface area contributed by atoms with E-state index in [9.17, 15) is 23.5 Å². The van der Waals surface area contributed by atoms with E-state index < -0.39 is 52.8 Å². The summed E-state index contributed by atoms with van der Waals surface area (Å²) in [4.78, 5) is 29.0. The van der Waals surface area contributed by atoms with Crippen molar-refractivity contribution in [2.24, 2.45) is 5.41 Å². The SMILES string of the molecule is C=C=C(OP(C)(=O)O)OP(=O)(O)OC(=C=C)OP(=O)(O)OC1CC(C)OC1C(C)(C)C. The monoisotopic (exact) mass is 504 g/mol. The lowest BCUT2D eigenvalue weighted by Gasteiger charge is -2.31. The maximum atomic E-state index is 12.4. The highest BCUT2D eigenvalue weighted by Gasteiger charge is 2.46. The second kappa shape index (κ2) is 10.1. The van der Waals surface area contributed by atoms with Crippen LogP contribution in [-0.2, 0) is 41.1 Å². The average molecular weight is 504 g/mol. The van der Waals surface area contributed by atoms with E-state index in [1.807, 2.05) is 32.2 Å². The number of rotatable bonds is 10. The zero-order valence-electron chi connectivity index (χ0n) is 17.7. The molecule has 6 unspecified atom stereocenters. The van der Waals surface area contributed by atoms with Crippen LogP contribution in [0.15, 0.2) is 36.5 Å². The van der Waals surface area contributed by atoms with E-state index in [-0.39, 0.29) is 6.10 Å². The molecule has 1 aliphatic rings. The first kappa shape index (κ1) is 27.8. The predicted molar refractivity (Wildman–Crippen MR) is 108 cm³/mol. The molecule has 1 aliphatic heterocycles. The van der Waals surface area contributed by atoms with E-state index >= 15 is 0 Å². The maximum absolute atomic E-state index is 12.4. The van der Waals surface area contributed by atoms with E-state index in [0.29, 0.717) is 6.42 Å². The fourth-order valence-corrected chi connectivity index (χ4v) is 4.63. The van der Waals surface area contributed by atoms with Gasteiger partial charge in [0.05, 0.1) is 18.3 Å². The number of hydrogen-bond donors (Lipinski definition) is 3. The Bertz CT molecular complexity index is 903. The van der Waals surface area contributed by atoms with Crippen molar-refractivity contribution in [2.75, 3.05) is 6.66 Å². The van der Waals surface area contributed by atoms with Crippen LogP contribution in [0.3, 0.4) is 0 Å². The molecule has 1 fully saturated rings. The van der Waals surface area contributed by atoms with Gasteiger partial charge in [0.2, 0.25) is 0 Å². The van der Waals surface area contributed by atoms with Crippen LogP contribution in [0.2, 0.25) is 0 Å². The minimum Gasteiger partial charge on any atom is -0.385 e. The fourth-order valence-electron chi connectivity index (χ4n) is 2.55. The third-order valence-corrected chi connectivity index (χ3v) is 5.77. The zero-order chi connectivity index (χ0) is 24.3. The van der Waals surface area contributed by atoms with Gasteiger partial charge >= 0.3 is 35.1 Å². The molecule has 1 rings (SSSR count). The summed E-state index contributed by atoms with van der Waals surface area (Å²) in [6.45, 7) is 14.3. The fraction of sp³-hybridized carbons (Fsp3) is 0.625. The highest BCUT2D eigenvalue weighted by atomic mass is 31.2. The van der Waals surface area contributed by atoms with Crippen molar-refractivity contribution in [3.63, 3.8) is 0 Å². The first-order valence-corrected chi connectivity index (χ1v) is 13.8. The van der Waals surface area contributed by atoms with Gasteiger partial charge < -0.3 is 27.7 Å². The normalized spacial score (nSPS) is 26.8. The summed E-state index contributed by atoms with van der Waals surface area (Å²) in [5, 5.41) is 0. The number of ether oxygens (including phenoxy) is 1. The Morgan fingerprint density at radius 3 is 1.84 bits per heavy atom. The van der Waals surface area contributed by atoms with E-state index in [1.165, 1.54) is 0 Å². The summed E-state index contributed by atoms with van der Waals surface area (Å²) in [7, 11) is -14.2. The van der Waals surface area contributed by atoms with Gasteiger partial charge in [-0.1, -0.05) is 20.8 Å². The summed E-state index contributed by atoms with van der Waals surface area (Å²) in [5.74, 6) is -2.14. The van der Waals surface area contributed by atoms with Crippen molar-refractivity contribution >= 4 is 23.2 Å². The van der Waals surface area contributed by atoms with Gasteiger partial charge in [0.15, 0.2) is 0 Å². The Morgan fingerprint density at radius 1 is 0.968 bits per heavy atom. The lowest BCUT2D eigenvalue weighted by Crippen LogP contribution is -2.36. The second-order valence-electron chi connectivity index (χ2n) is 7.65. The number of hydrogen-bond acceptors (Lipinski definition) is 9. The van der Waals surface area contributed by atoms with Crippen molar-refractivity contribution in [1.82, 2.24) is 0 Å². The Balaban J connectivity index is 2.88. The maximum Gasteiger partial charge on any atom is 0.590 e. The lowest BCUT2D eigenvalue weighted by molar-refractivity contribution is -0.0481. The molecule has 0 spiro atoms. The van der Waals surface area contributed by atoms with Crippen LogP contribution < -0.4 is 0 Å². The van der Waals surface area contributed by atoms with Gasteiger partial charge in [-0.25, -0.2) is 13.7 Å². The molecule has 31 heavy (non-hydrogen) atoms. The van der Waals surface area contributed by atoms with Crippen LogP contribution in [0, 0.1) is 5.41 Å². The van der Waals surface area contributed by atoms with Gasteiger partial charge in [-0.2, -0.15) is 0 Å². The summed E-state index contributed by atoms with van der Waals surface area (Å²) in [6, 6.07) is 0. The van der Waals surface area contributed by atoms with Crippen LogP contribution in [-0.4, -0.2) is 39.7 Å². The lowest BCUT2D eigenvalue weighted by atomic mass is 9.86. The number of phosphoric ester groups is 2. The average Bonchev–Trinajstić information content (AvgIpc) is 2.91. The molecule has 15 heteroatoms. The quantitative estimate of drug-likeness (QED) is 0.223. The van der Waals surface area contributed by atoms with Crippen LogP contribution >= 0.6 is 23.2 Å². The molecule has 0 aromatic rings. The van der Waals surface area contributed by atoms with Crippen molar-refractivity contribution in [2.45, 2.75) is 52.4 Å². The molecule has 1 saturated heterocycles. The molecule has 178 valence electrons. The highest BCUT2D eigenvalue weighted by molar-refractivity contribution is 7.52. The zero-order valence-corrected chi connectivity index (χ0v) is 20.4. The van der Waals surface area contributed by atoms with Crippen LogP contribution in [0.4, 0.5) is 0 Å². The van der Waals surface area contributed by atoms with E-state index in [2.05, 4.69) is 31.3 Å². The van der Waals surface area contributed by atoms with Crippen molar-refractivity contribution in [3.8, 4) is 0 Å². The van der Waals surface area contributed by atoms with Gasteiger partial charge in [-0.15, -0.1) is 0 Å². The topological polar surface area (TPSA) is 167 Å². The summed E-state index contributed by atoms with van der Waals surface area (Å²) < 4.78 is 64.5. The molecule has 1 heterocycles. The van der Waals surface area contributed by atoms with Crippen molar-refractivity contribution in [3.05, 3.63) is 36.5 Å². The van der Waals surface area contributed by atoms with E-state index in [1.54, 1.807) is 6.92 Å². The molecule has 0 radical (unpaired) electrons. The molecule has 6 atom stereocenters. The third-order valence-electron chi connectivity index (χ3n) is 3.54. The van der Waals surface area contributed by atoms with Gasteiger partial charge in [-0.3, -0.25) is 14.3 Å². The van der Waals surface area contributed by atoms with E-state index in [4.69, 9.17) is 14.2 Å². The molecule has 0 aliphatic carbocycles. The molecule has 0 saturated carbocycles. The molecular formula is C16H27O12P3. The molecule has 0 aromatic heterocycles. The Labute approximate surface area is 180 Å². The number of phosphoric acid groups is 2. The molecule has 0 aromatic carbocycles. The van der Waals surface area contributed by atoms with Gasteiger partial charge in [0.1, 0.15) is 0 Å². The van der Waals surface area contributed by atoms with Gasteiger partial charge in [0.25, 0.3) is 0 Å². The molecule has 0 amide bonds. The minimum atomic E-state index is -5.17. The Kier molecular flexibility index (Phi) is 9.06. The van der Waals surface area contributed by atoms with E-state index in [0.717, 1.165) is 6.66 Å². The summed E-state index contributed by atoms with van der Waals surface area (Å²) >= 11 is 0. The third kappa shape index (κ3) is 9.82. The van der Waals surface area contributed by atoms with Crippen LogP contribution in [0.5, 0.6) is 0 Å². The molecule has 0 bridgehead atoms. The predicted octanol–water partition coefficient (Wildman–Crippen LogP) is 3.93. The first-order chi connectivity index (χ1) is 13.9. The van der Waals surface area contributed by atoms with Crippen LogP contribution in [0.25, 0.3) is 0 Å². The molecule has 12 nitrogen and oxygen atoms in total. The summed E-state index contributed by atoms with van der Waals surface area (Å²) in [5.41, 5.74) is 3.36. The van der Waals surface area contributed by atoms with Crippen molar-refractivity contribution < 1.29 is 55.7 Å². The van der Waals surface area contributed by atoms with Gasteiger partial charge in [-0.05, 0) is 37.0 Å². The minimum absolute atomic E-state index is 0.240. The largest absolute Gasteiger partial charge is 0.590 e. The Morgan fingerprint density at radius 2 is 1.42 bits per heavy atom.